The van der Waals surface area contributed by atoms with Crippen LogP contribution in [0.1, 0.15) is 32.3 Å². The maximum Gasteiger partial charge on any atom is 0.184 e. The zero-order valence-corrected chi connectivity index (χ0v) is 18.2. The number of amidine groups is 1. The third-order valence-electron chi connectivity index (χ3n) is 5.41. The third-order valence-corrected chi connectivity index (χ3v) is 6.85. The van der Waals surface area contributed by atoms with Gasteiger partial charge in [0.15, 0.2) is 15.7 Å². The molecule has 0 radical (unpaired) electrons. The van der Waals surface area contributed by atoms with Crippen LogP contribution < -0.4 is 10.9 Å². The lowest BCUT2D eigenvalue weighted by Crippen LogP contribution is -2.58. The smallest absolute Gasteiger partial charge is 0.184 e. The van der Waals surface area contributed by atoms with Crippen molar-refractivity contribution in [2.45, 2.75) is 43.7 Å². The summed E-state index contributed by atoms with van der Waals surface area (Å²) < 4.78 is 24.1. The molecule has 0 amide bonds. The number of nitrogens with zero attached hydrogens (tertiary/aromatic N) is 7. The predicted octanol–water partition coefficient (Wildman–Crippen LogP) is 4.66. The number of azo groups is 1. The van der Waals surface area contributed by atoms with E-state index in [2.05, 4.69) is 20.3 Å². The van der Waals surface area contributed by atoms with Crippen LogP contribution in [0.5, 0.6) is 0 Å². The molecule has 0 atom stereocenters. The first-order chi connectivity index (χ1) is 14.9. The lowest BCUT2D eigenvalue weighted by atomic mass is 9.88. The Morgan fingerprint density at radius 1 is 1.13 bits per heavy atom. The molecule has 0 bridgehead atoms. The van der Waals surface area contributed by atoms with E-state index in [1.54, 1.807) is 17.1 Å². The molecule has 0 unspecified atom stereocenters. The zero-order valence-electron chi connectivity index (χ0n) is 17.4. The molecule has 3 rings (SSSR count). The Morgan fingerprint density at radius 2 is 1.81 bits per heavy atom. The Bertz CT molecular complexity index is 1150. The summed E-state index contributed by atoms with van der Waals surface area (Å²) in [5.74, 6) is 6.41. The van der Waals surface area contributed by atoms with E-state index in [4.69, 9.17) is 16.4 Å². The van der Waals surface area contributed by atoms with Crippen LogP contribution in [0.15, 0.2) is 73.8 Å². The molecular formula is C20H24N8O2S. The van der Waals surface area contributed by atoms with Gasteiger partial charge in [-0.15, -0.1) is 5.11 Å². The largest absolute Gasteiger partial charge is 0.295 e. The van der Waals surface area contributed by atoms with Crippen molar-refractivity contribution in [3.8, 4) is 0 Å². The molecule has 10 nitrogen and oxygen atoms in total. The van der Waals surface area contributed by atoms with Crippen LogP contribution in [0.3, 0.4) is 0 Å². The molecule has 0 aromatic heterocycles. The number of anilines is 1. The fourth-order valence-electron chi connectivity index (χ4n) is 3.50. The topological polar surface area (TPSA) is 149 Å². The average molecular weight is 441 g/mol. The molecule has 1 heterocycles. The minimum atomic E-state index is -3.65. The minimum Gasteiger partial charge on any atom is -0.295 e. The SMILES string of the molecule is CCC1(CC)C(N=NCc2ccc(S(=O)(=O)CN=[N+]=[N-])cc2)=Nc2ccccc2N1N. The third kappa shape index (κ3) is 4.43. The van der Waals surface area contributed by atoms with Crippen LogP contribution >= 0.6 is 0 Å². The molecule has 1 aliphatic heterocycles. The van der Waals surface area contributed by atoms with Crippen molar-refractivity contribution in [1.82, 2.24) is 0 Å². The molecular weight excluding hydrogens is 416 g/mol. The molecule has 1 aliphatic rings. The number of hydrogen-bond donors (Lipinski definition) is 1. The summed E-state index contributed by atoms with van der Waals surface area (Å²) in [5, 5.41) is 13.6. The number of benzene rings is 2. The summed E-state index contributed by atoms with van der Waals surface area (Å²) in [7, 11) is -3.65. The van der Waals surface area contributed by atoms with Gasteiger partial charge in [0.05, 0.1) is 22.8 Å². The number of fused-ring (bicyclic) bond motifs is 1. The van der Waals surface area contributed by atoms with E-state index in [1.165, 1.54) is 12.1 Å². The molecule has 0 spiro atoms. The lowest BCUT2D eigenvalue weighted by Gasteiger charge is -2.43. The van der Waals surface area contributed by atoms with Crippen molar-refractivity contribution in [1.29, 1.82) is 0 Å². The van der Waals surface area contributed by atoms with Crippen molar-refractivity contribution in [2.24, 2.45) is 26.2 Å². The van der Waals surface area contributed by atoms with Gasteiger partial charge in [-0.3, -0.25) is 5.01 Å². The number of rotatable bonds is 7. The number of para-hydroxylation sites is 2. The monoisotopic (exact) mass is 440 g/mol. The number of aliphatic imine (C=N–C) groups is 1. The van der Waals surface area contributed by atoms with Gasteiger partial charge in [0, 0.05) is 4.91 Å². The Morgan fingerprint density at radius 3 is 2.45 bits per heavy atom. The summed E-state index contributed by atoms with van der Waals surface area (Å²) >= 11 is 0. The maximum atomic E-state index is 12.1. The van der Waals surface area contributed by atoms with Crippen LogP contribution in [0.25, 0.3) is 10.4 Å². The fraction of sp³-hybridized carbons (Fsp3) is 0.350. The first-order valence-corrected chi connectivity index (χ1v) is 11.5. The van der Waals surface area contributed by atoms with Crippen LogP contribution in [-0.2, 0) is 16.4 Å². The van der Waals surface area contributed by atoms with Gasteiger partial charge in [0.25, 0.3) is 0 Å². The highest BCUT2D eigenvalue weighted by atomic mass is 32.2. The number of sulfone groups is 1. The second-order valence-corrected chi connectivity index (χ2v) is 9.01. The van der Waals surface area contributed by atoms with Crippen molar-refractivity contribution in [3.05, 3.63) is 64.5 Å². The number of azide groups is 1. The molecule has 0 fully saturated rings. The van der Waals surface area contributed by atoms with E-state index < -0.39 is 21.3 Å². The first-order valence-electron chi connectivity index (χ1n) is 9.81. The number of nitrogens with two attached hydrogens (primary N) is 1. The predicted molar refractivity (Wildman–Crippen MR) is 120 cm³/mol. The Balaban J connectivity index is 1.82. The molecule has 2 aromatic rings. The first kappa shape index (κ1) is 22.4. The summed E-state index contributed by atoms with van der Waals surface area (Å²) in [4.78, 5) is 7.29. The summed E-state index contributed by atoms with van der Waals surface area (Å²) in [6, 6.07) is 13.9. The molecule has 0 aliphatic carbocycles. The Hall–Kier alpha value is -3.27. The molecule has 162 valence electrons. The zero-order chi connectivity index (χ0) is 22.5. The highest BCUT2D eigenvalue weighted by Crippen LogP contribution is 2.40. The number of hydrazine groups is 1. The van der Waals surface area contributed by atoms with Gasteiger partial charge in [-0.05, 0) is 48.2 Å². The highest BCUT2D eigenvalue weighted by Gasteiger charge is 2.42. The second-order valence-electron chi connectivity index (χ2n) is 7.05. The minimum absolute atomic E-state index is 0.0867. The van der Waals surface area contributed by atoms with Gasteiger partial charge >= 0.3 is 0 Å². The van der Waals surface area contributed by atoms with E-state index in [0.717, 1.165) is 16.9 Å². The van der Waals surface area contributed by atoms with E-state index >= 15 is 0 Å². The Labute approximate surface area is 181 Å². The van der Waals surface area contributed by atoms with E-state index in [1.807, 2.05) is 38.1 Å². The van der Waals surface area contributed by atoms with Gasteiger partial charge < -0.3 is 0 Å². The number of hydrogen-bond acceptors (Lipinski definition) is 8. The lowest BCUT2D eigenvalue weighted by molar-refractivity contribution is 0.468. The van der Waals surface area contributed by atoms with Gasteiger partial charge in [-0.1, -0.05) is 43.2 Å². The van der Waals surface area contributed by atoms with Crippen LogP contribution in [0.2, 0.25) is 0 Å². The molecule has 31 heavy (non-hydrogen) atoms. The molecule has 0 saturated carbocycles. The van der Waals surface area contributed by atoms with Gasteiger partial charge in [0.1, 0.15) is 11.4 Å². The Kier molecular flexibility index (Phi) is 6.69. The normalized spacial score (nSPS) is 15.3. The van der Waals surface area contributed by atoms with Crippen molar-refractivity contribution < 1.29 is 8.42 Å². The summed E-state index contributed by atoms with van der Waals surface area (Å²) in [6.45, 7) is 4.33. The van der Waals surface area contributed by atoms with E-state index in [-0.39, 0.29) is 11.4 Å². The average Bonchev–Trinajstić information content (AvgIpc) is 2.79. The van der Waals surface area contributed by atoms with Gasteiger partial charge in [-0.25, -0.2) is 19.3 Å². The molecule has 0 saturated heterocycles. The molecule has 2 aromatic carbocycles. The van der Waals surface area contributed by atoms with E-state index in [9.17, 15) is 8.42 Å². The van der Waals surface area contributed by atoms with Crippen LogP contribution in [0.4, 0.5) is 11.4 Å². The molecule has 11 heteroatoms. The second kappa shape index (κ2) is 9.25. The van der Waals surface area contributed by atoms with Crippen molar-refractivity contribution in [2.75, 3.05) is 10.9 Å². The van der Waals surface area contributed by atoms with Crippen LogP contribution in [0, 0.1) is 0 Å². The van der Waals surface area contributed by atoms with Gasteiger partial charge in [0.2, 0.25) is 0 Å². The van der Waals surface area contributed by atoms with E-state index in [0.29, 0.717) is 18.7 Å². The molecule has 2 N–H and O–H groups in total. The van der Waals surface area contributed by atoms with Crippen LogP contribution in [-0.4, -0.2) is 25.7 Å². The standard InChI is InChI=1S/C20H24N8O2S/c1-3-20(4-2)19(25-17-7-5-6-8-18(17)28(20)22)26-23-13-15-9-11-16(12-10-15)31(29,30)14-24-27-21/h5-12H,3-4,13-14,22H2,1-2H3. The summed E-state index contributed by atoms with van der Waals surface area (Å²) in [5.41, 5.74) is 10.1. The quantitative estimate of drug-likeness (QED) is 0.288. The fourth-order valence-corrected chi connectivity index (χ4v) is 4.41. The van der Waals surface area contributed by atoms with Crippen molar-refractivity contribution in [3.63, 3.8) is 0 Å². The maximum absolute atomic E-state index is 12.1. The van der Waals surface area contributed by atoms with Crippen molar-refractivity contribution >= 4 is 27.0 Å². The summed E-state index contributed by atoms with van der Waals surface area (Å²) in [6.07, 6.45) is 1.42. The highest BCUT2D eigenvalue weighted by molar-refractivity contribution is 7.91. The van der Waals surface area contributed by atoms with Gasteiger partial charge in [-0.2, -0.15) is 5.11 Å².